The van der Waals surface area contributed by atoms with Crippen LogP contribution in [0.25, 0.3) is 11.1 Å². The van der Waals surface area contributed by atoms with Crippen LogP contribution in [0.15, 0.2) is 32.3 Å². The van der Waals surface area contributed by atoms with Gasteiger partial charge in [0.1, 0.15) is 6.54 Å². The third-order valence-corrected chi connectivity index (χ3v) is 4.66. The smallest absolute Gasteiger partial charge is 0.420 e. The van der Waals surface area contributed by atoms with E-state index in [1.165, 1.54) is 25.3 Å². The van der Waals surface area contributed by atoms with Crippen LogP contribution < -0.4 is 10.5 Å². The molecular weight excluding hydrogens is 324 g/mol. The average molecular weight is 342 g/mol. The van der Waals surface area contributed by atoms with Gasteiger partial charge in [-0.25, -0.2) is 17.9 Å². The molecule has 0 unspecified atom stereocenters. The topological polar surface area (TPSA) is 108 Å². The molecule has 23 heavy (non-hydrogen) atoms. The zero-order valence-corrected chi connectivity index (χ0v) is 14.1. The Hall–Kier alpha value is -2.13. The molecule has 2 aromatic rings. The van der Waals surface area contributed by atoms with Gasteiger partial charge in [-0.1, -0.05) is 0 Å². The number of nitrogens with one attached hydrogen (secondary N) is 1. The van der Waals surface area contributed by atoms with Crippen molar-refractivity contribution in [2.24, 2.45) is 0 Å². The Morgan fingerprint density at radius 1 is 1.35 bits per heavy atom. The number of nitrogens with zero attached hydrogens (tertiary/aromatic N) is 1. The molecule has 0 aliphatic heterocycles. The van der Waals surface area contributed by atoms with Gasteiger partial charge in [0.05, 0.1) is 17.5 Å². The number of aromatic nitrogens is 1. The molecule has 0 fully saturated rings. The number of carbonyl (C=O) groups is 1. The third-order valence-electron chi connectivity index (χ3n) is 2.91. The molecule has 0 amide bonds. The number of oxazole rings is 1. The van der Waals surface area contributed by atoms with Crippen molar-refractivity contribution in [3.8, 4) is 0 Å². The highest BCUT2D eigenvalue weighted by Crippen LogP contribution is 2.20. The van der Waals surface area contributed by atoms with Crippen LogP contribution in [0.3, 0.4) is 0 Å². The van der Waals surface area contributed by atoms with Crippen molar-refractivity contribution in [3.63, 3.8) is 0 Å². The summed E-state index contributed by atoms with van der Waals surface area (Å²) in [5.41, 5.74) is -0.253. The number of methoxy groups -OCH3 is 1. The van der Waals surface area contributed by atoms with E-state index in [1.807, 2.05) is 0 Å². The Morgan fingerprint density at radius 3 is 2.57 bits per heavy atom. The van der Waals surface area contributed by atoms with Crippen molar-refractivity contribution >= 4 is 27.1 Å². The van der Waals surface area contributed by atoms with Crippen molar-refractivity contribution in [3.05, 3.63) is 28.7 Å². The maximum absolute atomic E-state index is 12.3. The molecular formula is C14H18N2O6S. The normalized spacial score (nSPS) is 12.5. The zero-order chi connectivity index (χ0) is 17.4. The second kappa shape index (κ2) is 5.82. The van der Waals surface area contributed by atoms with Gasteiger partial charge in [0.2, 0.25) is 10.0 Å². The summed E-state index contributed by atoms with van der Waals surface area (Å²) in [5.74, 6) is -1.37. The highest BCUT2D eigenvalue weighted by molar-refractivity contribution is 7.89. The lowest BCUT2D eigenvalue weighted by atomic mass is 10.1. The summed E-state index contributed by atoms with van der Waals surface area (Å²) in [7, 11) is -2.55. The van der Waals surface area contributed by atoms with Gasteiger partial charge in [-0.05, 0) is 32.9 Å². The highest BCUT2D eigenvalue weighted by Gasteiger charge is 2.23. The van der Waals surface area contributed by atoms with Crippen molar-refractivity contribution in [1.29, 1.82) is 0 Å². The quantitative estimate of drug-likeness (QED) is 0.825. The van der Waals surface area contributed by atoms with Crippen LogP contribution in [0.4, 0.5) is 0 Å². The van der Waals surface area contributed by atoms with Crippen molar-refractivity contribution in [1.82, 2.24) is 9.29 Å². The minimum absolute atomic E-state index is 0.0288. The Morgan fingerprint density at radius 2 is 2.00 bits per heavy atom. The summed E-state index contributed by atoms with van der Waals surface area (Å²) < 4.78 is 37.7. The van der Waals surface area contributed by atoms with Gasteiger partial charge in [0, 0.05) is 11.6 Å². The summed E-state index contributed by atoms with van der Waals surface area (Å²) in [5, 5.41) is 0. The van der Waals surface area contributed by atoms with Crippen molar-refractivity contribution < 1.29 is 22.4 Å². The van der Waals surface area contributed by atoms with E-state index in [9.17, 15) is 18.0 Å². The van der Waals surface area contributed by atoms with Gasteiger partial charge < -0.3 is 9.15 Å². The Labute approximate surface area is 133 Å². The van der Waals surface area contributed by atoms with Crippen LogP contribution in [0, 0.1) is 0 Å². The second-order valence-electron chi connectivity index (χ2n) is 6.02. The predicted octanol–water partition coefficient (Wildman–Crippen LogP) is 0.844. The van der Waals surface area contributed by atoms with Crippen LogP contribution >= 0.6 is 0 Å². The molecule has 0 saturated carbocycles. The number of benzene rings is 1. The number of fused-ring (bicyclic) bond motifs is 1. The molecule has 0 bridgehead atoms. The number of ether oxygens (including phenoxy) is 1. The van der Waals surface area contributed by atoms with E-state index < -0.39 is 27.3 Å². The van der Waals surface area contributed by atoms with Crippen LogP contribution in [-0.4, -0.2) is 31.6 Å². The number of carbonyl (C=O) groups excluding carboxylic acids is 1. The maximum atomic E-state index is 12.3. The Kier molecular flexibility index (Phi) is 4.36. The summed E-state index contributed by atoms with van der Waals surface area (Å²) >= 11 is 0. The highest BCUT2D eigenvalue weighted by atomic mass is 32.2. The molecule has 0 saturated heterocycles. The van der Waals surface area contributed by atoms with Gasteiger partial charge in [-0.3, -0.25) is 9.36 Å². The first-order valence-electron chi connectivity index (χ1n) is 6.78. The van der Waals surface area contributed by atoms with Gasteiger partial charge in [-0.2, -0.15) is 0 Å². The summed E-state index contributed by atoms with van der Waals surface area (Å²) in [6, 6.07) is 4.01. The fraction of sp³-hybridized carbons (Fsp3) is 0.429. The van der Waals surface area contributed by atoms with E-state index in [4.69, 9.17) is 4.42 Å². The van der Waals surface area contributed by atoms with Gasteiger partial charge in [0.25, 0.3) is 0 Å². The average Bonchev–Trinajstić information content (AvgIpc) is 2.71. The lowest BCUT2D eigenvalue weighted by Crippen LogP contribution is -2.40. The third kappa shape index (κ3) is 3.80. The van der Waals surface area contributed by atoms with E-state index in [0.717, 1.165) is 4.57 Å². The largest absolute Gasteiger partial charge is 0.468 e. The van der Waals surface area contributed by atoms with E-state index in [2.05, 4.69) is 9.46 Å². The molecule has 8 nitrogen and oxygen atoms in total. The number of hydrogen-bond donors (Lipinski definition) is 1. The lowest BCUT2D eigenvalue weighted by molar-refractivity contribution is -0.141. The Bertz CT molecular complexity index is 901. The molecule has 1 aromatic heterocycles. The second-order valence-corrected chi connectivity index (χ2v) is 7.70. The molecule has 0 aliphatic carbocycles. The van der Waals surface area contributed by atoms with E-state index in [0.29, 0.717) is 5.52 Å². The SMILES string of the molecule is COC(=O)Cn1c(=O)oc2cc(S(=O)(=O)NC(C)(C)C)ccc21. The maximum Gasteiger partial charge on any atom is 0.420 e. The lowest BCUT2D eigenvalue weighted by Gasteiger charge is -2.20. The first kappa shape index (κ1) is 17.2. The monoisotopic (exact) mass is 342 g/mol. The zero-order valence-electron chi connectivity index (χ0n) is 13.2. The van der Waals surface area contributed by atoms with Crippen LogP contribution in [0.5, 0.6) is 0 Å². The molecule has 1 aromatic carbocycles. The molecule has 0 radical (unpaired) electrons. The van der Waals surface area contributed by atoms with Gasteiger partial charge in [0.15, 0.2) is 5.58 Å². The van der Waals surface area contributed by atoms with E-state index >= 15 is 0 Å². The molecule has 126 valence electrons. The molecule has 0 atom stereocenters. The summed E-state index contributed by atoms with van der Waals surface area (Å²) in [6.45, 7) is 4.84. The van der Waals surface area contributed by atoms with Crippen molar-refractivity contribution in [2.45, 2.75) is 37.8 Å². The number of esters is 1. The molecule has 1 N–H and O–H groups in total. The fourth-order valence-electron chi connectivity index (χ4n) is 2.02. The summed E-state index contributed by atoms with van der Waals surface area (Å²) in [4.78, 5) is 23.1. The van der Waals surface area contributed by atoms with Gasteiger partial charge >= 0.3 is 11.7 Å². The summed E-state index contributed by atoms with van der Waals surface area (Å²) in [6.07, 6.45) is 0. The first-order valence-corrected chi connectivity index (χ1v) is 8.26. The number of hydrogen-bond acceptors (Lipinski definition) is 6. The molecule has 9 heteroatoms. The van der Waals surface area contributed by atoms with E-state index in [1.54, 1.807) is 20.8 Å². The Balaban J connectivity index is 2.49. The van der Waals surface area contributed by atoms with Crippen LogP contribution in [0.2, 0.25) is 0 Å². The van der Waals surface area contributed by atoms with E-state index in [-0.39, 0.29) is 17.0 Å². The fourth-order valence-corrected chi connectivity index (χ4v) is 3.45. The number of sulfonamides is 1. The minimum atomic E-state index is -3.75. The first-order chi connectivity index (χ1) is 10.5. The number of rotatable bonds is 4. The minimum Gasteiger partial charge on any atom is -0.468 e. The van der Waals surface area contributed by atoms with Crippen molar-refractivity contribution in [2.75, 3.05) is 7.11 Å². The molecule has 1 heterocycles. The standard InChI is InChI=1S/C14H18N2O6S/c1-14(2,3)15-23(19,20)9-5-6-10-11(7-9)22-13(18)16(10)8-12(17)21-4/h5-7,15H,8H2,1-4H3. The predicted molar refractivity (Wildman–Crippen MR) is 82.6 cm³/mol. The van der Waals surface area contributed by atoms with Crippen LogP contribution in [0.1, 0.15) is 20.8 Å². The molecule has 2 rings (SSSR count). The molecule has 0 spiro atoms. The molecule has 0 aliphatic rings. The van der Waals surface area contributed by atoms with Crippen LogP contribution in [-0.2, 0) is 26.1 Å². The van der Waals surface area contributed by atoms with Gasteiger partial charge in [-0.15, -0.1) is 0 Å².